The van der Waals surface area contributed by atoms with Gasteiger partial charge in [-0.05, 0) is 27.7 Å². The van der Waals surface area contributed by atoms with Crippen molar-refractivity contribution in [2.24, 2.45) is 0 Å². The fourth-order valence-corrected chi connectivity index (χ4v) is 1.48. The molecule has 0 spiro atoms. The summed E-state index contributed by atoms with van der Waals surface area (Å²) in [7, 11) is 3.04. The molecule has 5 heteroatoms. The van der Waals surface area contributed by atoms with Crippen molar-refractivity contribution in [2.75, 3.05) is 14.2 Å². The predicted molar refractivity (Wildman–Crippen MR) is 64.6 cm³/mol. The molecule has 5 nitrogen and oxygen atoms in total. The average Bonchev–Trinajstić information content (AvgIpc) is 2.71. The smallest absolute Gasteiger partial charge is 0.215 e. The van der Waals surface area contributed by atoms with Gasteiger partial charge in [0.2, 0.25) is 5.78 Å². The molecular formula is C12H20N2O3. The monoisotopic (exact) mass is 240 g/mol. The molecule has 0 unspecified atom stereocenters. The molecule has 0 aliphatic rings. The van der Waals surface area contributed by atoms with Gasteiger partial charge in [-0.1, -0.05) is 0 Å². The van der Waals surface area contributed by atoms with Crippen LogP contribution in [0.2, 0.25) is 0 Å². The number of ketones is 1. The van der Waals surface area contributed by atoms with Crippen LogP contribution in [0.1, 0.15) is 44.2 Å². The lowest BCUT2D eigenvalue weighted by Crippen LogP contribution is -2.35. The Kier molecular flexibility index (Phi) is 3.93. The Balaban J connectivity index is 3.28. The van der Waals surface area contributed by atoms with E-state index in [9.17, 15) is 4.79 Å². The zero-order valence-electron chi connectivity index (χ0n) is 11.3. The summed E-state index contributed by atoms with van der Waals surface area (Å²) in [5.74, 6) is 0.344. The highest BCUT2D eigenvalue weighted by molar-refractivity contribution is 6.02. The number of aromatic nitrogens is 2. The molecule has 0 saturated carbocycles. The lowest BCUT2D eigenvalue weighted by atomic mass is 10.00. The van der Waals surface area contributed by atoms with E-state index in [0.717, 1.165) is 0 Å². The Morgan fingerprint density at radius 3 is 2.41 bits per heavy atom. The Labute approximate surface area is 102 Å². The quantitative estimate of drug-likeness (QED) is 0.739. The highest BCUT2D eigenvalue weighted by Gasteiger charge is 2.34. The number of methoxy groups -OCH3 is 2. The molecule has 0 atom stereocenters. The topological polar surface area (TPSA) is 53.4 Å². The van der Waals surface area contributed by atoms with Gasteiger partial charge in [-0.25, -0.2) is 0 Å². The Bertz CT molecular complexity index is 408. The summed E-state index contributed by atoms with van der Waals surface area (Å²) in [4.78, 5) is 12.4. The Morgan fingerprint density at radius 1 is 1.41 bits per heavy atom. The number of Topliss-reactive ketones (excluding diaryl/α,β-unsaturated/α-hetero) is 1. The maximum atomic E-state index is 12.4. The first-order valence-corrected chi connectivity index (χ1v) is 5.56. The second-order valence-electron chi connectivity index (χ2n) is 4.64. The van der Waals surface area contributed by atoms with Crippen LogP contribution in [0.5, 0.6) is 5.75 Å². The third-order valence-corrected chi connectivity index (χ3v) is 2.74. The molecule has 96 valence electrons. The molecule has 0 bridgehead atoms. The van der Waals surface area contributed by atoms with E-state index >= 15 is 0 Å². The second-order valence-corrected chi connectivity index (χ2v) is 4.64. The second kappa shape index (κ2) is 4.87. The number of nitrogens with zero attached hydrogens (tertiary/aromatic N) is 2. The van der Waals surface area contributed by atoms with Gasteiger partial charge in [-0.3, -0.25) is 9.48 Å². The minimum atomic E-state index is -0.889. The molecule has 1 heterocycles. The number of hydrogen-bond donors (Lipinski definition) is 0. The molecule has 0 amide bonds. The van der Waals surface area contributed by atoms with Gasteiger partial charge in [0.25, 0.3) is 0 Å². The van der Waals surface area contributed by atoms with E-state index in [4.69, 9.17) is 9.47 Å². The van der Waals surface area contributed by atoms with Crippen molar-refractivity contribution in [1.82, 2.24) is 9.78 Å². The minimum absolute atomic E-state index is 0.0884. The summed E-state index contributed by atoms with van der Waals surface area (Å²) in [5, 5.41) is 4.17. The number of ether oxygens (including phenoxy) is 2. The fraction of sp³-hybridized carbons (Fsp3) is 0.667. The largest absolute Gasteiger partial charge is 0.493 e. The van der Waals surface area contributed by atoms with Crippen molar-refractivity contribution in [3.63, 3.8) is 0 Å². The summed E-state index contributed by atoms with van der Waals surface area (Å²) in [6, 6.07) is 0.0884. The molecular weight excluding hydrogens is 220 g/mol. The fourth-order valence-electron chi connectivity index (χ4n) is 1.48. The van der Waals surface area contributed by atoms with E-state index in [1.807, 2.05) is 13.8 Å². The van der Waals surface area contributed by atoms with E-state index in [2.05, 4.69) is 5.10 Å². The lowest BCUT2D eigenvalue weighted by molar-refractivity contribution is 0.0215. The third-order valence-electron chi connectivity index (χ3n) is 2.74. The van der Waals surface area contributed by atoms with Crippen molar-refractivity contribution in [3.8, 4) is 5.75 Å². The van der Waals surface area contributed by atoms with Crippen LogP contribution in [-0.4, -0.2) is 35.4 Å². The predicted octanol–water partition coefficient (Wildman–Crippen LogP) is 2.08. The number of rotatable bonds is 5. The minimum Gasteiger partial charge on any atom is -0.493 e. The van der Waals surface area contributed by atoms with Crippen molar-refractivity contribution in [2.45, 2.75) is 39.3 Å². The van der Waals surface area contributed by atoms with Gasteiger partial charge in [0.1, 0.15) is 11.3 Å². The molecule has 0 aromatic carbocycles. The summed E-state index contributed by atoms with van der Waals surface area (Å²) in [6.45, 7) is 7.38. The Morgan fingerprint density at radius 2 is 2.00 bits per heavy atom. The molecule has 0 saturated heterocycles. The maximum absolute atomic E-state index is 12.4. The van der Waals surface area contributed by atoms with E-state index in [1.54, 1.807) is 24.7 Å². The molecule has 1 rings (SSSR count). The highest BCUT2D eigenvalue weighted by atomic mass is 16.5. The zero-order valence-corrected chi connectivity index (χ0v) is 11.3. The first-order chi connectivity index (χ1) is 7.85. The first kappa shape index (κ1) is 13.7. The van der Waals surface area contributed by atoms with Gasteiger partial charge < -0.3 is 9.47 Å². The molecule has 0 fully saturated rings. The van der Waals surface area contributed by atoms with Gasteiger partial charge >= 0.3 is 0 Å². The number of hydrogen-bond acceptors (Lipinski definition) is 4. The summed E-state index contributed by atoms with van der Waals surface area (Å²) >= 11 is 0. The first-order valence-electron chi connectivity index (χ1n) is 5.56. The van der Waals surface area contributed by atoms with Crippen LogP contribution in [-0.2, 0) is 4.74 Å². The molecule has 17 heavy (non-hydrogen) atoms. The zero-order chi connectivity index (χ0) is 13.2. The van der Waals surface area contributed by atoms with Crippen molar-refractivity contribution in [1.29, 1.82) is 0 Å². The van der Waals surface area contributed by atoms with Crippen molar-refractivity contribution >= 4 is 5.78 Å². The van der Waals surface area contributed by atoms with Gasteiger partial charge in [0.15, 0.2) is 5.75 Å². The number of carbonyl (C=O) groups excluding carboxylic acids is 1. The lowest BCUT2D eigenvalue weighted by Gasteiger charge is -2.22. The van der Waals surface area contributed by atoms with Crippen LogP contribution in [0, 0.1) is 0 Å². The van der Waals surface area contributed by atoms with Crippen LogP contribution in [0.25, 0.3) is 0 Å². The summed E-state index contributed by atoms with van der Waals surface area (Å²) < 4.78 is 12.0. The Hall–Kier alpha value is -1.36. The SMILES string of the molecule is COc1cnn(C(C)C)c1C(=O)C(C)(C)OC. The van der Waals surface area contributed by atoms with Crippen LogP contribution >= 0.6 is 0 Å². The summed E-state index contributed by atoms with van der Waals surface area (Å²) in [6.07, 6.45) is 1.55. The van der Waals surface area contributed by atoms with Gasteiger partial charge in [0, 0.05) is 13.2 Å². The molecule has 0 radical (unpaired) electrons. The van der Waals surface area contributed by atoms with E-state index in [0.29, 0.717) is 11.4 Å². The normalized spacial score (nSPS) is 11.9. The molecule has 0 aliphatic heterocycles. The highest BCUT2D eigenvalue weighted by Crippen LogP contribution is 2.26. The standard InChI is InChI=1S/C12H20N2O3/c1-8(2)14-10(9(16-5)7-13-14)11(15)12(3,4)17-6/h7-8H,1-6H3. The van der Waals surface area contributed by atoms with Crippen LogP contribution < -0.4 is 4.74 Å². The van der Waals surface area contributed by atoms with Crippen molar-refractivity contribution < 1.29 is 14.3 Å². The molecule has 0 N–H and O–H groups in total. The van der Waals surface area contributed by atoms with Crippen molar-refractivity contribution in [3.05, 3.63) is 11.9 Å². The molecule has 1 aromatic rings. The third kappa shape index (κ3) is 2.49. The van der Waals surface area contributed by atoms with E-state index in [-0.39, 0.29) is 11.8 Å². The van der Waals surface area contributed by atoms with Gasteiger partial charge in [0.05, 0.1) is 13.3 Å². The number of carbonyl (C=O) groups is 1. The average molecular weight is 240 g/mol. The maximum Gasteiger partial charge on any atom is 0.215 e. The molecule has 1 aromatic heterocycles. The van der Waals surface area contributed by atoms with Crippen LogP contribution in [0.4, 0.5) is 0 Å². The van der Waals surface area contributed by atoms with Crippen LogP contribution in [0.15, 0.2) is 6.20 Å². The van der Waals surface area contributed by atoms with Crippen LogP contribution in [0.3, 0.4) is 0 Å². The molecule has 0 aliphatic carbocycles. The van der Waals surface area contributed by atoms with Gasteiger partial charge in [-0.15, -0.1) is 0 Å². The summed E-state index contributed by atoms with van der Waals surface area (Å²) in [5.41, 5.74) is -0.436. The van der Waals surface area contributed by atoms with E-state index < -0.39 is 5.60 Å². The van der Waals surface area contributed by atoms with Gasteiger partial charge in [-0.2, -0.15) is 5.10 Å². The van der Waals surface area contributed by atoms with E-state index in [1.165, 1.54) is 14.2 Å².